The molecular formula is C14H21NO2S. The molecule has 1 aliphatic rings. The Hall–Kier alpha value is -0.710. The Morgan fingerprint density at radius 1 is 1.39 bits per heavy atom. The van der Waals surface area contributed by atoms with Gasteiger partial charge in [0.2, 0.25) is 0 Å². The van der Waals surface area contributed by atoms with E-state index in [1.165, 1.54) is 5.56 Å². The molecule has 1 aromatic carbocycles. The van der Waals surface area contributed by atoms with E-state index in [9.17, 15) is 4.21 Å². The highest BCUT2D eigenvalue weighted by Crippen LogP contribution is 2.20. The van der Waals surface area contributed by atoms with Gasteiger partial charge >= 0.3 is 0 Å². The molecule has 0 bridgehead atoms. The third-order valence-corrected chi connectivity index (χ3v) is 5.05. The zero-order chi connectivity index (χ0) is 13.0. The van der Waals surface area contributed by atoms with Crippen molar-refractivity contribution in [1.29, 1.82) is 0 Å². The highest BCUT2D eigenvalue weighted by Gasteiger charge is 2.30. The second-order valence-corrected chi connectivity index (χ2v) is 6.35. The van der Waals surface area contributed by atoms with Crippen LogP contribution in [0.5, 0.6) is 0 Å². The van der Waals surface area contributed by atoms with Gasteiger partial charge < -0.3 is 10.1 Å². The predicted octanol–water partition coefficient (Wildman–Crippen LogP) is 1.87. The van der Waals surface area contributed by atoms with Crippen molar-refractivity contribution in [1.82, 2.24) is 5.32 Å². The summed E-state index contributed by atoms with van der Waals surface area (Å²) in [5.41, 5.74) is 1.19. The minimum absolute atomic E-state index is 0.0569. The van der Waals surface area contributed by atoms with Crippen LogP contribution in [0.15, 0.2) is 29.2 Å². The van der Waals surface area contributed by atoms with Crippen molar-refractivity contribution >= 4 is 10.8 Å². The molecule has 2 rings (SSSR count). The average Bonchev–Trinajstić information content (AvgIpc) is 2.40. The fourth-order valence-electron chi connectivity index (χ4n) is 2.27. The number of ether oxygens (including phenoxy) is 1. The van der Waals surface area contributed by atoms with E-state index in [1.54, 1.807) is 0 Å². The Labute approximate surface area is 111 Å². The zero-order valence-electron chi connectivity index (χ0n) is 11.0. The molecule has 3 unspecified atom stereocenters. The smallest absolute Gasteiger partial charge is 0.0782 e. The molecule has 1 saturated heterocycles. The summed E-state index contributed by atoms with van der Waals surface area (Å²) >= 11 is 0. The van der Waals surface area contributed by atoms with Gasteiger partial charge in [-0.3, -0.25) is 4.21 Å². The van der Waals surface area contributed by atoms with Gasteiger partial charge in [-0.15, -0.1) is 0 Å². The summed E-state index contributed by atoms with van der Waals surface area (Å²) in [5, 5.41) is 3.48. The molecule has 3 nitrogen and oxygen atoms in total. The molecule has 0 radical (unpaired) electrons. The molecule has 0 amide bonds. The summed E-state index contributed by atoms with van der Waals surface area (Å²) in [4.78, 5) is 0.902. The number of rotatable bonds is 4. The van der Waals surface area contributed by atoms with Crippen molar-refractivity contribution in [2.45, 2.75) is 36.5 Å². The van der Waals surface area contributed by atoms with Crippen LogP contribution < -0.4 is 5.32 Å². The highest BCUT2D eigenvalue weighted by atomic mass is 32.2. The van der Waals surface area contributed by atoms with Crippen LogP contribution in [-0.4, -0.2) is 35.3 Å². The number of hydrogen-bond donors (Lipinski definition) is 1. The number of benzene rings is 1. The maximum atomic E-state index is 12.6. The van der Waals surface area contributed by atoms with Crippen LogP contribution in [0.1, 0.15) is 18.9 Å². The third-order valence-electron chi connectivity index (χ3n) is 3.30. The Morgan fingerprint density at radius 3 is 2.78 bits per heavy atom. The van der Waals surface area contributed by atoms with Gasteiger partial charge in [-0.25, -0.2) is 0 Å². The molecule has 1 N–H and O–H groups in total. The summed E-state index contributed by atoms with van der Waals surface area (Å²) in [7, 11) is -0.997. The first-order chi connectivity index (χ1) is 8.72. The molecule has 0 saturated carbocycles. The third kappa shape index (κ3) is 3.19. The summed E-state index contributed by atoms with van der Waals surface area (Å²) in [6.07, 6.45) is 0.941. The van der Waals surface area contributed by atoms with Gasteiger partial charge in [0, 0.05) is 17.5 Å². The van der Waals surface area contributed by atoms with Crippen molar-refractivity contribution in [3.63, 3.8) is 0 Å². The largest absolute Gasteiger partial charge is 0.380 e. The lowest BCUT2D eigenvalue weighted by Crippen LogP contribution is -2.48. The monoisotopic (exact) mass is 267 g/mol. The molecule has 0 aliphatic carbocycles. The normalized spacial score (nSPS) is 25.9. The van der Waals surface area contributed by atoms with E-state index in [-0.39, 0.29) is 5.25 Å². The first-order valence-electron chi connectivity index (χ1n) is 6.50. The number of hydrogen-bond acceptors (Lipinski definition) is 3. The average molecular weight is 267 g/mol. The Balaban J connectivity index is 2.12. The Bertz CT molecular complexity index is 403. The van der Waals surface area contributed by atoms with Crippen LogP contribution in [-0.2, 0) is 15.5 Å². The molecule has 1 fully saturated rings. The lowest BCUT2D eigenvalue weighted by Gasteiger charge is -2.31. The second-order valence-electron chi connectivity index (χ2n) is 4.68. The molecule has 1 aromatic rings. The lowest BCUT2D eigenvalue weighted by molar-refractivity contribution is 0.0824. The van der Waals surface area contributed by atoms with E-state index >= 15 is 0 Å². The van der Waals surface area contributed by atoms with Crippen LogP contribution in [0.3, 0.4) is 0 Å². The van der Waals surface area contributed by atoms with Crippen molar-refractivity contribution in [3.8, 4) is 0 Å². The van der Waals surface area contributed by atoms with Crippen LogP contribution in [0.4, 0.5) is 0 Å². The van der Waals surface area contributed by atoms with Gasteiger partial charge in [-0.05, 0) is 32.0 Å². The molecule has 1 aliphatic heterocycles. The maximum absolute atomic E-state index is 12.6. The van der Waals surface area contributed by atoms with Gasteiger partial charge in [0.05, 0.1) is 22.7 Å². The quantitative estimate of drug-likeness (QED) is 0.905. The summed E-state index contributed by atoms with van der Waals surface area (Å²) < 4.78 is 18.1. The molecule has 0 aromatic heterocycles. The van der Waals surface area contributed by atoms with Gasteiger partial charge in [-0.2, -0.15) is 0 Å². The Morgan fingerprint density at radius 2 is 2.11 bits per heavy atom. The first kappa shape index (κ1) is 13.7. The van der Waals surface area contributed by atoms with Crippen LogP contribution in [0.25, 0.3) is 0 Å². The van der Waals surface area contributed by atoms with Crippen molar-refractivity contribution in [2.24, 2.45) is 0 Å². The Kier molecular flexibility index (Phi) is 4.92. The van der Waals surface area contributed by atoms with Gasteiger partial charge in [0.1, 0.15) is 0 Å². The fraction of sp³-hybridized carbons (Fsp3) is 0.571. The summed E-state index contributed by atoms with van der Waals surface area (Å²) in [5.74, 6) is 0. The molecule has 4 heteroatoms. The zero-order valence-corrected chi connectivity index (χ0v) is 11.8. The van der Waals surface area contributed by atoms with Crippen LogP contribution in [0, 0.1) is 6.92 Å². The van der Waals surface area contributed by atoms with Gasteiger partial charge in [-0.1, -0.05) is 24.6 Å². The van der Waals surface area contributed by atoms with E-state index in [0.717, 1.165) is 24.5 Å². The molecule has 0 spiro atoms. The molecule has 18 heavy (non-hydrogen) atoms. The maximum Gasteiger partial charge on any atom is 0.0782 e. The van der Waals surface area contributed by atoms with Gasteiger partial charge in [0.25, 0.3) is 0 Å². The van der Waals surface area contributed by atoms with Crippen molar-refractivity contribution < 1.29 is 8.95 Å². The molecule has 3 atom stereocenters. The van der Waals surface area contributed by atoms with E-state index in [4.69, 9.17) is 4.74 Å². The SMILES string of the molecule is CCNC1CCOCC1S(=O)c1ccc(C)cc1. The van der Waals surface area contributed by atoms with Gasteiger partial charge in [0.15, 0.2) is 0 Å². The van der Waals surface area contributed by atoms with E-state index in [0.29, 0.717) is 12.6 Å². The van der Waals surface area contributed by atoms with E-state index in [2.05, 4.69) is 12.2 Å². The van der Waals surface area contributed by atoms with E-state index in [1.807, 2.05) is 31.2 Å². The molecule has 1 heterocycles. The summed E-state index contributed by atoms with van der Waals surface area (Å²) in [6.45, 7) is 6.38. The fourth-order valence-corrected chi connectivity index (χ4v) is 3.77. The number of aryl methyl sites for hydroxylation is 1. The lowest BCUT2D eigenvalue weighted by atomic mass is 10.1. The minimum atomic E-state index is -0.997. The predicted molar refractivity (Wildman–Crippen MR) is 74.3 cm³/mol. The second kappa shape index (κ2) is 6.45. The molecular weight excluding hydrogens is 246 g/mol. The van der Waals surface area contributed by atoms with Crippen molar-refractivity contribution in [2.75, 3.05) is 19.8 Å². The standard InChI is InChI=1S/C14H21NO2S/c1-3-15-13-8-9-17-10-14(13)18(16)12-6-4-11(2)5-7-12/h4-7,13-15H,3,8-10H2,1-2H3. The highest BCUT2D eigenvalue weighted by molar-refractivity contribution is 7.85. The first-order valence-corrected chi connectivity index (χ1v) is 7.72. The van der Waals surface area contributed by atoms with E-state index < -0.39 is 10.8 Å². The number of nitrogens with one attached hydrogen (secondary N) is 1. The summed E-state index contributed by atoms with van der Waals surface area (Å²) in [6, 6.07) is 8.25. The molecule has 100 valence electrons. The van der Waals surface area contributed by atoms with Crippen LogP contribution >= 0.6 is 0 Å². The topological polar surface area (TPSA) is 38.3 Å². The van der Waals surface area contributed by atoms with Crippen molar-refractivity contribution in [3.05, 3.63) is 29.8 Å². The van der Waals surface area contributed by atoms with Crippen LogP contribution in [0.2, 0.25) is 0 Å². The minimum Gasteiger partial charge on any atom is -0.380 e.